The van der Waals surface area contributed by atoms with Gasteiger partial charge in [0.25, 0.3) is 0 Å². The number of ether oxygens (including phenoxy) is 2. The average Bonchev–Trinajstić information content (AvgIpc) is 0.858. The van der Waals surface area contributed by atoms with Gasteiger partial charge in [-0.2, -0.15) is 13.2 Å². The number of amides is 1. The van der Waals surface area contributed by atoms with Crippen LogP contribution in [0.25, 0.3) is 0 Å². The van der Waals surface area contributed by atoms with Gasteiger partial charge in [0, 0.05) is 166 Å². The van der Waals surface area contributed by atoms with Crippen LogP contribution in [0.2, 0.25) is 0 Å². The first-order valence-corrected chi connectivity index (χ1v) is 39.3. The van der Waals surface area contributed by atoms with Crippen molar-refractivity contribution < 1.29 is 27.4 Å². The molecule has 0 radical (unpaired) electrons. The molecule has 2 aromatic rings. The first-order valence-electron chi connectivity index (χ1n) is 39.3. The van der Waals surface area contributed by atoms with Gasteiger partial charge in [-0.15, -0.1) is 0 Å². The van der Waals surface area contributed by atoms with Gasteiger partial charge in [-0.3, -0.25) is 19.5 Å². The molecule has 2 aromatic carbocycles. The summed E-state index contributed by atoms with van der Waals surface area (Å²) in [6.45, 7) is 27.9. The number of likely N-dealkylation sites (tertiary alicyclic amines) is 1. The second-order valence-corrected chi connectivity index (χ2v) is 33.1. The molecule has 0 aromatic heterocycles. The van der Waals surface area contributed by atoms with E-state index in [1.807, 2.05) is 0 Å². The highest BCUT2D eigenvalue weighted by atomic mass is 19.4. The van der Waals surface area contributed by atoms with Crippen molar-refractivity contribution in [1.82, 2.24) is 60.0 Å². The fraction of sp³-hybridized carbons (Fsp3) is 0.812. The molecule has 9 aliphatic rings. The first kappa shape index (κ1) is 78.9. The predicted octanol–water partition coefficient (Wildman–Crippen LogP) is 10.9. The quantitative estimate of drug-likeness (QED) is 0.155. The third kappa shape index (κ3) is 23.1. The lowest BCUT2D eigenvalue weighted by Crippen LogP contribution is -2.67. The van der Waals surface area contributed by atoms with E-state index in [9.17, 15) is 13.2 Å². The number of carbonyl (C=O) groups is 1. The van der Waals surface area contributed by atoms with Crippen LogP contribution in [0.15, 0.2) is 54.6 Å². The molecule has 2 aliphatic carbocycles. The summed E-state index contributed by atoms with van der Waals surface area (Å²) in [7, 11) is 15.4. The van der Waals surface area contributed by atoms with Crippen LogP contribution in [-0.2, 0) is 35.0 Å². The van der Waals surface area contributed by atoms with Crippen molar-refractivity contribution in [2.75, 3.05) is 167 Å². The van der Waals surface area contributed by atoms with E-state index in [1.54, 1.807) is 12.1 Å². The molecule has 7 aliphatic heterocycles. The standard InChI is InChI=1S/C80H137F3N12O3/c1-13-61(3)73-56-88(7)45-46-90(9)68-29-17-15-22-42-94(54-68)70-47-63-32-30-62(31-33-63)25-18-21-28-67(50-85-73)89(8)43-38-74(77(96)93-40-23-16-24-41-93)91(10)57-75(65-26-19-20-27-65)92(11)60-79(58-78(4,5)59-79)86-51-69-49-71(98-14-2)55-95(69)52-66(84-39-44-87(6)53-70)36-34-64-35-37-72(80(81,82)83)76(48-64)97-12/h15,17,30-33,35,37,48,61,65-71,73-75,84-86H,13-14,16,18-29,34,36,38-47,49-60H2,1-12H3/b17-15-/t61-,66-,67-,68-,69-,70-,71+,73+,74-,75+/m0/s1. The molecular formula is C80H137F3N12O3. The van der Waals surface area contributed by atoms with Crippen molar-refractivity contribution in [1.29, 1.82) is 0 Å². The number of rotatable bonds is 10. The Morgan fingerprint density at radius 2 is 1.40 bits per heavy atom. The highest BCUT2D eigenvalue weighted by molar-refractivity contribution is 5.82. The van der Waals surface area contributed by atoms with E-state index in [-0.39, 0.29) is 40.9 Å². The maximum absolute atomic E-state index is 15.4. The maximum Gasteiger partial charge on any atom is 0.419 e. The highest BCUT2D eigenvalue weighted by Crippen LogP contribution is 2.49. The molecule has 98 heavy (non-hydrogen) atoms. The third-order valence-electron chi connectivity index (χ3n) is 24.7. The molecule has 18 heteroatoms. The summed E-state index contributed by atoms with van der Waals surface area (Å²) in [6, 6.07) is 15.9. The number of nitrogens with one attached hydrogen (secondary N) is 3. The number of piperidine rings is 1. The summed E-state index contributed by atoms with van der Waals surface area (Å²) in [5, 5.41) is 12.7. The van der Waals surface area contributed by atoms with Crippen LogP contribution in [-0.4, -0.2) is 277 Å². The number of benzene rings is 2. The number of nitrogens with zero attached hydrogens (tertiary/aromatic N) is 9. The number of fused-ring (bicyclic) bond motifs is 22. The van der Waals surface area contributed by atoms with E-state index in [2.05, 4.69) is 173 Å². The van der Waals surface area contributed by atoms with Gasteiger partial charge in [0.2, 0.25) is 5.91 Å². The van der Waals surface area contributed by atoms with Crippen LogP contribution >= 0.6 is 0 Å². The van der Waals surface area contributed by atoms with Gasteiger partial charge in [-0.1, -0.05) is 95.9 Å². The predicted molar refractivity (Wildman–Crippen MR) is 398 cm³/mol. The van der Waals surface area contributed by atoms with E-state index in [4.69, 9.17) is 9.47 Å². The van der Waals surface area contributed by atoms with E-state index in [0.717, 1.165) is 213 Å². The molecule has 11 atom stereocenters. The molecule has 2 saturated carbocycles. The molecule has 1 unspecified atom stereocenters. The molecular weight excluding hydrogens is 1230 g/mol. The number of hydrogen-bond acceptors (Lipinski definition) is 14. The summed E-state index contributed by atoms with van der Waals surface area (Å²) in [5.41, 5.74) is 3.06. The monoisotopic (exact) mass is 1370 g/mol. The van der Waals surface area contributed by atoms with Crippen molar-refractivity contribution >= 4 is 5.91 Å². The van der Waals surface area contributed by atoms with Gasteiger partial charge in [0.15, 0.2) is 0 Å². The fourth-order valence-electron chi connectivity index (χ4n) is 18.7. The minimum Gasteiger partial charge on any atom is -0.496 e. The summed E-state index contributed by atoms with van der Waals surface area (Å²) in [5.74, 6) is 1.30. The summed E-state index contributed by atoms with van der Waals surface area (Å²) >= 11 is 0. The molecule has 11 rings (SSSR count). The van der Waals surface area contributed by atoms with Crippen LogP contribution in [0.4, 0.5) is 13.2 Å². The lowest BCUT2D eigenvalue weighted by molar-refractivity contribution is -0.139. The van der Waals surface area contributed by atoms with E-state index in [0.29, 0.717) is 61.0 Å². The van der Waals surface area contributed by atoms with Gasteiger partial charge < -0.3 is 54.8 Å². The van der Waals surface area contributed by atoms with Crippen molar-refractivity contribution in [2.24, 2.45) is 17.3 Å². The lowest BCUT2D eigenvalue weighted by atomic mass is 9.59. The number of methoxy groups -OCH3 is 1. The second kappa shape index (κ2) is 38.0. The minimum absolute atomic E-state index is 0.0676. The van der Waals surface area contributed by atoms with E-state index >= 15 is 4.79 Å². The van der Waals surface area contributed by atoms with Gasteiger partial charge in [-0.05, 0) is 204 Å². The Kier molecular flexibility index (Phi) is 30.6. The molecule has 7 heterocycles. The van der Waals surface area contributed by atoms with E-state index in [1.165, 1.54) is 56.4 Å². The number of carbonyl (C=O) groups excluding carboxylic acids is 1. The summed E-state index contributed by atoms with van der Waals surface area (Å²) in [6.07, 6.45) is 22.8. The van der Waals surface area contributed by atoms with Gasteiger partial charge in [0.05, 0.1) is 24.8 Å². The number of hydrogen-bond donors (Lipinski definition) is 3. The minimum atomic E-state index is -4.50. The Morgan fingerprint density at radius 1 is 0.673 bits per heavy atom. The zero-order chi connectivity index (χ0) is 70.0. The Hall–Kier alpha value is -3.24. The van der Waals surface area contributed by atoms with E-state index < -0.39 is 11.7 Å². The zero-order valence-corrected chi connectivity index (χ0v) is 63.5. The number of aryl methyl sites for hydroxylation is 2. The molecule has 1 spiro atoms. The Balaban J connectivity index is 1.07. The highest BCUT2D eigenvalue weighted by Gasteiger charge is 2.51. The number of halogens is 3. The van der Waals surface area contributed by atoms with Gasteiger partial charge in [0.1, 0.15) is 5.75 Å². The van der Waals surface area contributed by atoms with Crippen LogP contribution in [0.5, 0.6) is 5.75 Å². The molecule has 2 saturated heterocycles. The number of likely N-dealkylation sites (N-methyl/N-ethyl adjacent to an activating group) is 6. The van der Waals surface area contributed by atoms with Crippen molar-refractivity contribution in [3.05, 3.63) is 76.9 Å². The molecule has 4 fully saturated rings. The first-order chi connectivity index (χ1) is 47.0. The molecule has 6 bridgehead atoms. The molecule has 3 N–H and O–H groups in total. The topological polar surface area (TPSA) is 101 Å². The summed E-state index contributed by atoms with van der Waals surface area (Å²) in [4.78, 5) is 38.8. The van der Waals surface area contributed by atoms with Crippen LogP contribution in [0.1, 0.15) is 172 Å². The Labute approximate surface area is 593 Å². The van der Waals surface area contributed by atoms with Crippen LogP contribution in [0.3, 0.4) is 0 Å². The molecule has 15 nitrogen and oxygen atoms in total. The largest absolute Gasteiger partial charge is 0.496 e. The van der Waals surface area contributed by atoms with Crippen LogP contribution < -0.4 is 20.7 Å². The molecule has 1 amide bonds. The Bertz CT molecular complexity index is 2680. The lowest BCUT2D eigenvalue weighted by Gasteiger charge is -2.56. The maximum atomic E-state index is 15.4. The SMILES string of the molecule is CCO[C@@H]1C[C@H]2CNC3(CN(C)[C@@H](C4CCCC4)CN(C)[C@H](C(=O)N4CCCCC4)CCN(C)[C@H]4CCCCc5ccc(cc5)C[C@@H](CN(C)CCN[C@@H](CCc5ccc(C(F)(F)F)c(OC)c5)CN2C1)N1CC/C=C\C[C@@H](C1)N(C)CCN(C)C[C@H]([C@@H](C)CC)NC4)CC(C)(C)C3. The van der Waals surface area contributed by atoms with Gasteiger partial charge >= 0.3 is 6.18 Å². The van der Waals surface area contributed by atoms with Crippen molar-refractivity contribution in [3.63, 3.8) is 0 Å². The van der Waals surface area contributed by atoms with Crippen molar-refractivity contribution in [2.45, 2.75) is 236 Å². The average molecular weight is 1370 g/mol. The van der Waals surface area contributed by atoms with Gasteiger partial charge in [-0.25, -0.2) is 0 Å². The smallest absolute Gasteiger partial charge is 0.419 e. The zero-order valence-electron chi connectivity index (χ0n) is 63.5. The summed E-state index contributed by atoms with van der Waals surface area (Å²) < 4.78 is 54.5. The Morgan fingerprint density at radius 3 is 2.11 bits per heavy atom. The van der Waals surface area contributed by atoms with Crippen molar-refractivity contribution in [3.8, 4) is 5.75 Å². The molecule has 556 valence electrons. The number of alkyl halides is 3. The van der Waals surface area contributed by atoms with Crippen LogP contribution in [0, 0.1) is 17.3 Å². The normalized spacial score (nSPS) is 31.6. The third-order valence-corrected chi connectivity index (χ3v) is 24.7. The fourth-order valence-corrected chi connectivity index (χ4v) is 18.7. The second-order valence-electron chi connectivity index (χ2n) is 33.1.